The van der Waals surface area contributed by atoms with Crippen LogP contribution >= 0.6 is 0 Å². The number of hydrogen-bond donors (Lipinski definition) is 2. The van der Waals surface area contributed by atoms with Gasteiger partial charge < -0.3 is 19.7 Å². The number of nitrogens with one attached hydrogen (secondary N) is 1. The van der Waals surface area contributed by atoms with Gasteiger partial charge in [-0.3, -0.25) is 0 Å². The fourth-order valence-corrected chi connectivity index (χ4v) is 2.64. The first-order valence-electron chi connectivity index (χ1n) is 8.21. The van der Waals surface area contributed by atoms with Gasteiger partial charge in [0.15, 0.2) is 0 Å². The highest BCUT2D eigenvalue weighted by Gasteiger charge is 2.11. The van der Waals surface area contributed by atoms with Gasteiger partial charge in [0.2, 0.25) is 5.95 Å². The lowest BCUT2D eigenvalue weighted by Crippen LogP contribution is -2.19. The summed E-state index contributed by atoms with van der Waals surface area (Å²) in [5.41, 5.74) is 3.11. The lowest BCUT2D eigenvalue weighted by atomic mass is 10.2. The van der Waals surface area contributed by atoms with Crippen molar-refractivity contribution in [2.24, 2.45) is 0 Å². The smallest absolute Gasteiger partial charge is 0.204 e. The van der Waals surface area contributed by atoms with Crippen LogP contribution in [-0.4, -0.2) is 33.9 Å². The summed E-state index contributed by atoms with van der Waals surface area (Å²) in [6, 6.07) is 16.0. The fraction of sp³-hybridized carbons (Fsp3) is 0.316. The first-order chi connectivity index (χ1) is 11.6. The predicted octanol–water partition coefficient (Wildman–Crippen LogP) is 3.22. The van der Waals surface area contributed by atoms with E-state index < -0.39 is 6.10 Å². The summed E-state index contributed by atoms with van der Waals surface area (Å²) in [7, 11) is 0. The minimum atomic E-state index is -0.429. The van der Waals surface area contributed by atoms with Crippen molar-refractivity contribution < 1.29 is 9.84 Å². The van der Waals surface area contributed by atoms with E-state index in [-0.39, 0.29) is 0 Å². The molecule has 0 amide bonds. The van der Waals surface area contributed by atoms with Gasteiger partial charge >= 0.3 is 0 Å². The van der Waals surface area contributed by atoms with Crippen LogP contribution in [0.1, 0.15) is 12.5 Å². The van der Waals surface area contributed by atoms with E-state index in [4.69, 9.17) is 4.74 Å². The fourth-order valence-electron chi connectivity index (χ4n) is 2.64. The zero-order chi connectivity index (χ0) is 16.9. The number of benzene rings is 2. The van der Waals surface area contributed by atoms with Crippen molar-refractivity contribution in [1.29, 1.82) is 0 Å². The number of fused-ring (bicyclic) bond motifs is 1. The molecule has 0 spiro atoms. The molecule has 0 radical (unpaired) electrons. The van der Waals surface area contributed by atoms with Gasteiger partial charge in [-0.2, -0.15) is 0 Å². The summed E-state index contributed by atoms with van der Waals surface area (Å²) >= 11 is 0. The van der Waals surface area contributed by atoms with Gasteiger partial charge in [-0.1, -0.05) is 30.3 Å². The Labute approximate surface area is 141 Å². The highest BCUT2D eigenvalue weighted by Crippen LogP contribution is 2.20. The van der Waals surface area contributed by atoms with Crippen molar-refractivity contribution >= 4 is 17.0 Å². The zero-order valence-corrected chi connectivity index (χ0v) is 14.1. The molecule has 126 valence electrons. The van der Waals surface area contributed by atoms with Crippen LogP contribution in [0.4, 0.5) is 5.95 Å². The molecule has 24 heavy (non-hydrogen) atoms. The molecule has 1 atom stereocenters. The van der Waals surface area contributed by atoms with Crippen LogP contribution in [0.2, 0.25) is 0 Å². The van der Waals surface area contributed by atoms with E-state index in [0.717, 1.165) is 28.3 Å². The van der Waals surface area contributed by atoms with Crippen molar-refractivity contribution in [2.75, 3.05) is 18.5 Å². The molecule has 1 heterocycles. The first-order valence-corrected chi connectivity index (χ1v) is 8.21. The maximum Gasteiger partial charge on any atom is 0.204 e. The summed E-state index contributed by atoms with van der Waals surface area (Å²) in [4.78, 5) is 4.61. The number of anilines is 1. The third-order valence-corrected chi connectivity index (χ3v) is 3.88. The molecule has 2 N–H and O–H groups in total. The van der Waals surface area contributed by atoms with Crippen LogP contribution < -0.4 is 10.1 Å². The highest BCUT2D eigenvalue weighted by molar-refractivity contribution is 5.78. The van der Waals surface area contributed by atoms with Crippen LogP contribution in [0, 0.1) is 6.92 Å². The Bertz CT molecular complexity index is 811. The van der Waals surface area contributed by atoms with Crippen molar-refractivity contribution in [1.82, 2.24) is 9.55 Å². The SMILES string of the molecule is Cc1ccccc1OCCn1c(NCC(C)O)nc2ccccc21. The van der Waals surface area contributed by atoms with E-state index in [1.54, 1.807) is 6.92 Å². The van der Waals surface area contributed by atoms with E-state index in [0.29, 0.717) is 19.7 Å². The minimum Gasteiger partial charge on any atom is -0.491 e. The average molecular weight is 325 g/mol. The molecule has 1 aromatic heterocycles. The number of ether oxygens (including phenoxy) is 1. The first kappa shape index (κ1) is 16.3. The molecule has 0 saturated heterocycles. The molecular formula is C19H23N3O2. The Hall–Kier alpha value is -2.53. The number of hydrogen-bond acceptors (Lipinski definition) is 4. The van der Waals surface area contributed by atoms with Gasteiger partial charge in [-0.15, -0.1) is 0 Å². The van der Waals surface area contributed by atoms with Crippen molar-refractivity contribution in [3.05, 3.63) is 54.1 Å². The molecule has 3 aromatic rings. The predicted molar refractivity (Wildman–Crippen MR) is 96.6 cm³/mol. The monoisotopic (exact) mass is 325 g/mol. The number of aliphatic hydroxyl groups excluding tert-OH is 1. The maximum absolute atomic E-state index is 9.51. The topological polar surface area (TPSA) is 59.3 Å². The maximum atomic E-state index is 9.51. The second-order valence-electron chi connectivity index (χ2n) is 5.92. The molecule has 3 rings (SSSR count). The van der Waals surface area contributed by atoms with E-state index in [9.17, 15) is 5.11 Å². The van der Waals surface area contributed by atoms with Crippen molar-refractivity contribution in [3.8, 4) is 5.75 Å². The Morgan fingerprint density at radius 1 is 1.17 bits per heavy atom. The molecule has 2 aromatic carbocycles. The number of nitrogens with zero attached hydrogens (tertiary/aromatic N) is 2. The van der Waals surface area contributed by atoms with Crippen LogP contribution in [-0.2, 0) is 6.54 Å². The number of imidazole rings is 1. The van der Waals surface area contributed by atoms with Crippen LogP contribution in [0.3, 0.4) is 0 Å². The number of aryl methyl sites for hydroxylation is 1. The molecular weight excluding hydrogens is 302 g/mol. The van der Waals surface area contributed by atoms with Crippen LogP contribution in [0.5, 0.6) is 5.75 Å². The van der Waals surface area contributed by atoms with Crippen molar-refractivity contribution in [2.45, 2.75) is 26.5 Å². The quantitative estimate of drug-likeness (QED) is 0.700. The molecule has 5 nitrogen and oxygen atoms in total. The third-order valence-electron chi connectivity index (χ3n) is 3.88. The molecule has 0 aliphatic rings. The van der Waals surface area contributed by atoms with Gasteiger partial charge in [0, 0.05) is 6.54 Å². The molecule has 0 saturated carbocycles. The molecule has 5 heteroatoms. The lowest BCUT2D eigenvalue weighted by molar-refractivity contribution is 0.208. The van der Waals surface area contributed by atoms with E-state index in [1.165, 1.54) is 0 Å². The summed E-state index contributed by atoms with van der Waals surface area (Å²) in [5.74, 6) is 1.66. The second-order valence-corrected chi connectivity index (χ2v) is 5.92. The summed E-state index contributed by atoms with van der Waals surface area (Å²) in [6.45, 7) is 5.48. The van der Waals surface area contributed by atoms with E-state index >= 15 is 0 Å². The molecule has 0 fully saturated rings. The van der Waals surface area contributed by atoms with Gasteiger partial charge in [0.25, 0.3) is 0 Å². The Balaban J connectivity index is 1.76. The highest BCUT2D eigenvalue weighted by atomic mass is 16.5. The van der Waals surface area contributed by atoms with E-state index in [1.807, 2.05) is 55.5 Å². The summed E-state index contributed by atoms with van der Waals surface area (Å²) in [6.07, 6.45) is -0.429. The van der Waals surface area contributed by atoms with Gasteiger partial charge in [-0.05, 0) is 37.6 Å². The number of aromatic nitrogens is 2. The molecule has 0 aliphatic heterocycles. The van der Waals surface area contributed by atoms with Gasteiger partial charge in [0.1, 0.15) is 12.4 Å². The minimum absolute atomic E-state index is 0.429. The van der Waals surface area contributed by atoms with Crippen LogP contribution in [0.15, 0.2) is 48.5 Å². The Kier molecular flexibility index (Phi) is 5.01. The van der Waals surface area contributed by atoms with Crippen molar-refractivity contribution in [3.63, 3.8) is 0 Å². The summed E-state index contributed by atoms with van der Waals surface area (Å²) < 4.78 is 8.01. The van der Waals surface area contributed by atoms with Gasteiger partial charge in [-0.25, -0.2) is 4.98 Å². The van der Waals surface area contributed by atoms with Crippen LogP contribution in [0.25, 0.3) is 11.0 Å². The lowest BCUT2D eigenvalue weighted by Gasteiger charge is -2.13. The Morgan fingerprint density at radius 2 is 1.92 bits per heavy atom. The zero-order valence-electron chi connectivity index (χ0n) is 14.1. The number of rotatable bonds is 7. The molecule has 1 unspecified atom stereocenters. The average Bonchev–Trinajstić information content (AvgIpc) is 2.93. The van der Waals surface area contributed by atoms with Gasteiger partial charge in [0.05, 0.1) is 23.7 Å². The third kappa shape index (κ3) is 3.68. The largest absolute Gasteiger partial charge is 0.491 e. The standard InChI is InChI=1S/C19H23N3O2/c1-14-7-3-6-10-18(14)24-12-11-22-17-9-5-4-8-16(17)21-19(22)20-13-15(2)23/h3-10,15,23H,11-13H2,1-2H3,(H,20,21). The number of aliphatic hydroxyl groups is 1. The number of para-hydroxylation sites is 3. The molecule has 0 aliphatic carbocycles. The Morgan fingerprint density at radius 3 is 2.71 bits per heavy atom. The molecule has 0 bridgehead atoms. The second kappa shape index (κ2) is 7.36. The normalized spacial score (nSPS) is 12.3. The summed E-state index contributed by atoms with van der Waals surface area (Å²) in [5, 5.41) is 12.7. The van der Waals surface area contributed by atoms with E-state index in [2.05, 4.69) is 14.9 Å².